The molecule has 0 saturated heterocycles. The molecule has 0 saturated carbocycles. The molecule has 0 fully saturated rings. The van der Waals surface area contributed by atoms with Crippen molar-refractivity contribution in [3.63, 3.8) is 0 Å². The van der Waals surface area contributed by atoms with Crippen molar-refractivity contribution in [3.8, 4) is 0 Å². The minimum Gasteiger partial charge on any atom is -0.330 e. The van der Waals surface area contributed by atoms with Crippen LogP contribution in [0.2, 0.25) is 0 Å². The summed E-state index contributed by atoms with van der Waals surface area (Å²) in [5.74, 6) is 0.910. The molecule has 1 aromatic heterocycles. The monoisotopic (exact) mass is 359 g/mol. The predicted molar refractivity (Wildman–Crippen MR) is 102 cm³/mol. The summed E-state index contributed by atoms with van der Waals surface area (Å²) in [5.41, 5.74) is 3.57. The van der Waals surface area contributed by atoms with Crippen molar-refractivity contribution in [1.29, 1.82) is 0 Å². The molecule has 1 N–H and O–H groups in total. The zero-order chi connectivity index (χ0) is 16.1. The second-order valence-electron chi connectivity index (χ2n) is 5.00. The van der Waals surface area contributed by atoms with Gasteiger partial charge in [0.2, 0.25) is 5.13 Å². The molecular formula is C17H17N3S3. The minimum atomic E-state index is 0.829. The smallest absolute Gasteiger partial charge is 0.210 e. The van der Waals surface area contributed by atoms with Crippen LogP contribution in [0.5, 0.6) is 0 Å². The molecule has 0 unspecified atom stereocenters. The summed E-state index contributed by atoms with van der Waals surface area (Å²) in [6, 6.07) is 16.9. The van der Waals surface area contributed by atoms with Crippen molar-refractivity contribution in [3.05, 3.63) is 59.7 Å². The normalized spacial score (nSPS) is 10.7. The van der Waals surface area contributed by atoms with Gasteiger partial charge in [-0.05, 0) is 48.6 Å². The standard InChI is InChI=1S/C17H17N3S3/c1-12-4-3-5-14(10-12)18-16-19-20-17(23-16)22-11-13-6-8-15(21-2)9-7-13/h3-10H,11H2,1-2H3,(H,18,19). The molecule has 23 heavy (non-hydrogen) atoms. The highest BCUT2D eigenvalue weighted by atomic mass is 32.2. The first kappa shape index (κ1) is 16.4. The Morgan fingerprint density at radius 2 is 1.91 bits per heavy atom. The molecule has 0 aliphatic heterocycles. The van der Waals surface area contributed by atoms with Gasteiger partial charge in [0.25, 0.3) is 0 Å². The van der Waals surface area contributed by atoms with E-state index in [9.17, 15) is 0 Å². The number of anilines is 2. The number of hydrogen-bond acceptors (Lipinski definition) is 6. The van der Waals surface area contributed by atoms with Crippen LogP contribution in [0.1, 0.15) is 11.1 Å². The Balaban J connectivity index is 1.58. The molecule has 3 nitrogen and oxygen atoms in total. The Bertz CT molecular complexity index is 769. The third-order valence-electron chi connectivity index (χ3n) is 3.20. The summed E-state index contributed by atoms with van der Waals surface area (Å²) in [4.78, 5) is 1.29. The summed E-state index contributed by atoms with van der Waals surface area (Å²) in [7, 11) is 0. The molecule has 1 heterocycles. The van der Waals surface area contributed by atoms with E-state index in [4.69, 9.17) is 0 Å². The van der Waals surface area contributed by atoms with Gasteiger partial charge in [-0.1, -0.05) is 47.4 Å². The van der Waals surface area contributed by atoms with Crippen LogP contribution in [0.4, 0.5) is 10.8 Å². The first-order valence-corrected chi connectivity index (χ1v) is 10.2. The van der Waals surface area contributed by atoms with E-state index < -0.39 is 0 Å². The number of hydrogen-bond donors (Lipinski definition) is 1. The maximum atomic E-state index is 4.25. The topological polar surface area (TPSA) is 37.8 Å². The van der Waals surface area contributed by atoms with E-state index in [1.165, 1.54) is 16.0 Å². The van der Waals surface area contributed by atoms with Gasteiger partial charge in [-0.3, -0.25) is 0 Å². The molecule has 0 amide bonds. The number of rotatable bonds is 6. The van der Waals surface area contributed by atoms with Crippen LogP contribution in [-0.2, 0) is 5.75 Å². The average Bonchev–Trinajstić information content (AvgIpc) is 3.01. The van der Waals surface area contributed by atoms with Crippen LogP contribution in [0.3, 0.4) is 0 Å². The molecule has 0 aliphatic rings. The molecular weight excluding hydrogens is 342 g/mol. The van der Waals surface area contributed by atoms with Gasteiger partial charge in [0, 0.05) is 16.3 Å². The van der Waals surface area contributed by atoms with E-state index in [1.54, 1.807) is 34.9 Å². The highest BCUT2D eigenvalue weighted by molar-refractivity contribution is 8.00. The Morgan fingerprint density at radius 3 is 2.65 bits per heavy atom. The first-order valence-electron chi connectivity index (χ1n) is 7.16. The molecule has 0 radical (unpaired) electrons. The van der Waals surface area contributed by atoms with Gasteiger partial charge in [0.15, 0.2) is 4.34 Å². The highest BCUT2D eigenvalue weighted by Gasteiger charge is 2.06. The maximum Gasteiger partial charge on any atom is 0.210 e. The van der Waals surface area contributed by atoms with Crippen molar-refractivity contribution in [2.75, 3.05) is 11.6 Å². The summed E-state index contributed by atoms with van der Waals surface area (Å²) in [6.07, 6.45) is 2.09. The lowest BCUT2D eigenvalue weighted by Gasteiger charge is -2.02. The third-order valence-corrected chi connectivity index (χ3v) is 5.98. The fourth-order valence-electron chi connectivity index (χ4n) is 2.03. The van der Waals surface area contributed by atoms with Crippen LogP contribution in [0.25, 0.3) is 0 Å². The summed E-state index contributed by atoms with van der Waals surface area (Å²) >= 11 is 5.07. The van der Waals surface area contributed by atoms with E-state index in [1.807, 2.05) is 12.1 Å². The van der Waals surface area contributed by atoms with E-state index in [-0.39, 0.29) is 0 Å². The zero-order valence-corrected chi connectivity index (χ0v) is 15.4. The fraction of sp³-hybridized carbons (Fsp3) is 0.176. The molecule has 0 bridgehead atoms. The molecule has 3 aromatic rings. The molecule has 118 valence electrons. The van der Waals surface area contributed by atoms with Gasteiger partial charge in [0.1, 0.15) is 0 Å². The SMILES string of the molecule is CSc1ccc(CSc2nnc(Nc3cccc(C)c3)s2)cc1. The van der Waals surface area contributed by atoms with E-state index in [0.717, 1.165) is 20.9 Å². The first-order chi connectivity index (χ1) is 11.2. The average molecular weight is 360 g/mol. The van der Waals surface area contributed by atoms with E-state index in [2.05, 4.69) is 65.1 Å². The largest absolute Gasteiger partial charge is 0.330 e. The van der Waals surface area contributed by atoms with E-state index >= 15 is 0 Å². The summed E-state index contributed by atoms with van der Waals surface area (Å²) in [5, 5.41) is 12.6. The van der Waals surface area contributed by atoms with Gasteiger partial charge in [0.05, 0.1) is 0 Å². The van der Waals surface area contributed by atoms with Crippen molar-refractivity contribution in [2.45, 2.75) is 21.9 Å². The molecule has 6 heteroatoms. The molecule has 0 atom stereocenters. The maximum absolute atomic E-state index is 4.25. The lowest BCUT2D eigenvalue weighted by molar-refractivity contribution is 1.01. The number of thioether (sulfide) groups is 2. The lowest BCUT2D eigenvalue weighted by atomic mass is 10.2. The van der Waals surface area contributed by atoms with Crippen molar-refractivity contribution >= 4 is 45.7 Å². The number of nitrogens with one attached hydrogen (secondary N) is 1. The van der Waals surface area contributed by atoms with Gasteiger partial charge < -0.3 is 5.32 Å². The van der Waals surface area contributed by atoms with E-state index in [0.29, 0.717) is 0 Å². The highest BCUT2D eigenvalue weighted by Crippen LogP contribution is 2.30. The molecule has 3 rings (SSSR count). The Hall–Kier alpha value is -1.50. The van der Waals surface area contributed by atoms with Crippen LogP contribution in [-0.4, -0.2) is 16.5 Å². The Morgan fingerprint density at radius 1 is 1.09 bits per heavy atom. The molecule has 0 aliphatic carbocycles. The Labute approximate surface area is 148 Å². The van der Waals surface area contributed by atoms with Crippen molar-refractivity contribution < 1.29 is 0 Å². The quantitative estimate of drug-likeness (QED) is 0.580. The van der Waals surface area contributed by atoms with Crippen LogP contribution in [0, 0.1) is 6.92 Å². The van der Waals surface area contributed by atoms with Gasteiger partial charge in [-0.2, -0.15) is 0 Å². The lowest BCUT2D eigenvalue weighted by Crippen LogP contribution is -1.89. The van der Waals surface area contributed by atoms with Gasteiger partial charge in [-0.15, -0.1) is 22.0 Å². The van der Waals surface area contributed by atoms with Gasteiger partial charge >= 0.3 is 0 Å². The fourth-order valence-corrected chi connectivity index (χ4v) is 4.17. The Kier molecular flexibility index (Phi) is 5.59. The molecule has 2 aromatic carbocycles. The third kappa shape index (κ3) is 4.73. The minimum absolute atomic E-state index is 0.829. The summed E-state index contributed by atoms with van der Waals surface area (Å²) < 4.78 is 0.981. The number of aromatic nitrogens is 2. The number of benzene rings is 2. The zero-order valence-electron chi connectivity index (χ0n) is 12.9. The number of aryl methyl sites for hydroxylation is 1. The number of nitrogens with zero attached hydrogens (tertiary/aromatic N) is 2. The second-order valence-corrected chi connectivity index (χ2v) is 8.08. The second kappa shape index (κ2) is 7.86. The molecule has 0 spiro atoms. The van der Waals surface area contributed by atoms with Gasteiger partial charge in [-0.25, -0.2) is 0 Å². The summed E-state index contributed by atoms with van der Waals surface area (Å²) in [6.45, 7) is 2.08. The van der Waals surface area contributed by atoms with Crippen LogP contribution >= 0.6 is 34.9 Å². The van der Waals surface area contributed by atoms with Crippen LogP contribution in [0.15, 0.2) is 57.8 Å². The van der Waals surface area contributed by atoms with Crippen LogP contribution < -0.4 is 5.32 Å². The van der Waals surface area contributed by atoms with Crippen molar-refractivity contribution in [1.82, 2.24) is 10.2 Å². The van der Waals surface area contributed by atoms with Crippen molar-refractivity contribution in [2.24, 2.45) is 0 Å². The predicted octanol–water partition coefficient (Wildman–Crippen LogP) is 5.60.